The van der Waals surface area contributed by atoms with Crippen LogP contribution in [-0.4, -0.2) is 28.8 Å². The highest BCUT2D eigenvalue weighted by Crippen LogP contribution is 2.46. The van der Waals surface area contributed by atoms with Gasteiger partial charge in [0.2, 0.25) is 0 Å². The quantitative estimate of drug-likeness (QED) is 0.652. The van der Waals surface area contributed by atoms with Crippen molar-refractivity contribution < 1.29 is 4.43 Å². The average molecular weight is 323 g/mol. The third kappa shape index (κ3) is 2.70. The Morgan fingerprint density at radius 3 is 2.05 bits per heavy atom. The summed E-state index contributed by atoms with van der Waals surface area (Å²) in [7, 11) is -0.735. The zero-order chi connectivity index (χ0) is 16.0. The first-order valence-electron chi connectivity index (χ1n) is 8.24. The summed E-state index contributed by atoms with van der Waals surface area (Å²) in [6.07, 6.45) is 5.23. The largest absolute Gasteiger partial charge is 0.402 e. The summed E-state index contributed by atoms with van der Waals surface area (Å²) < 4.78 is 8.86. The average Bonchev–Trinajstić information content (AvgIpc) is 2.41. The molecule has 0 atom stereocenters. The van der Waals surface area contributed by atoms with E-state index in [9.17, 15) is 0 Å². The fourth-order valence-corrected chi connectivity index (χ4v) is 10.8. The van der Waals surface area contributed by atoms with Crippen LogP contribution in [0.3, 0.4) is 0 Å². The molecule has 1 heterocycles. The van der Waals surface area contributed by atoms with Crippen molar-refractivity contribution in [3.8, 4) is 0 Å². The van der Waals surface area contributed by atoms with E-state index in [1.54, 1.807) is 16.3 Å². The predicted octanol–water partition coefficient (Wildman–Crippen LogP) is 5.15. The first-order valence-corrected chi connectivity index (χ1v) is 12.5. The Kier molecular flexibility index (Phi) is 4.63. The normalized spacial score (nSPS) is 22.0. The summed E-state index contributed by atoms with van der Waals surface area (Å²) in [4.78, 5) is 0. The molecular weight excluding hydrogens is 290 g/mol. The highest BCUT2D eigenvalue weighted by atomic mass is 28.4. The van der Waals surface area contributed by atoms with Crippen molar-refractivity contribution in [2.75, 3.05) is 7.11 Å². The third-order valence-corrected chi connectivity index (χ3v) is 15.3. The van der Waals surface area contributed by atoms with Crippen molar-refractivity contribution in [2.24, 2.45) is 0 Å². The van der Waals surface area contributed by atoms with Crippen LogP contribution in [0.25, 0.3) is 0 Å². The maximum absolute atomic E-state index is 6.09. The lowest BCUT2D eigenvalue weighted by Gasteiger charge is -2.53. The molecule has 1 saturated carbocycles. The topological polar surface area (TPSA) is 12.5 Å². The van der Waals surface area contributed by atoms with E-state index in [0.29, 0.717) is 5.04 Å². The van der Waals surface area contributed by atoms with E-state index in [2.05, 4.69) is 51.9 Å². The molecule has 2 nitrogen and oxygen atoms in total. The molecule has 0 unspecified atom stereocenters. The lowest BCUT2D eigenvalue weighted by Crippen LogP contribution is -2.62. The second-order valence-corrected chi connectivity index (χ2v) is 15.8. The Morgan fingerprint density at radius 1 is 1.05 bits per heavy atom. The standard InChI is InChI=1S/C17H32NOSi2/c1-13-15-11-9-10-12-16(15)14(2)20(19-6)18(13)21(7,8)17(3,4)5/h9-12H2,1-8H3. The van der Waals surface area contributed by atoms with Crippen molar-refractivity contribution in [3.63, 3.8) is 0 Å². The fraction of sp³-hybridized carbons (Fsp3) is 0.765. The molecule has 0 spiro atoms. The maximum atomic E-state index is 6.09. The van der Waals surface area contributed by atoms with Crippen molar-refractivity contribution in [1.82, 2.24) is 4.23 Å². The molecule has 1 fully saturated rings. The van der Waals surface area contributed by atoms with Crippen molar-refractivity contribution >= 4 is 17.4 Å². The van der Waals surface area contributed by atoms with Gasteiger partial charge in [0, 0.05) is 7.11 Å². The van der Waals surface area contributed by atoms with E-state index < -0.39 is 17.4 Å². The van der Waals surface area contributed by atoms with Crippen molar-refractivity contribution in [2.45, 2.75) is 78.4 Å². The Labute approximate surface area is 134 Å². The van der Waals surface area contributed by atoms with Gasteiger partial charge < -0.3 is 8.66 Å². The molecule has 1 aliphatic heterocycles. The van der Waals surface area contributed by atoms with Gasteiger partial charge in [-0.05, 0) is 66.6 Å². The first-order chi connectivity index (χ1) is 9.63. The number of hydrogen-bond acceptors (Lipinski definition) is 2. The monoisotopic (exact) mass is 322 g/mol. The van der Waals surface area contributed by atoms with Crippen LogP contribution in [0.1, 0.15) is 60.3 Å². The molecule has 0 aromatic rings. The highest BCUT2D eigenvalue weighted by molar-refractivity contribution is 6.86. The summed E-state index contributed by atoms with van der Waals surface area (Å²) in [6.45, 7) is 16.9. The van der Waals surface area contributed by atoms with Crippen LogP contribution >= 0.6 is 0 Å². The van der Waals surface area contributed by atoms with Crippen LogP contribution in [0.5, 0.6) is 0 Å². The van der Waals surface area contributed by atoms with E-state index >= 15 is 0 Å². The highest BCUT2D eigenvalue weighted by Gasteiger charge is 2.48. The van der Waals surface area contributed by atoms with Gasteiger partial charge in [-0.25, -0.2) is 0 Å². The van der Waals surface area contributed by atoms with Gasteiger partial charge in [-0.1, -0.05) is 33.9 Å². The van der Waals surface area contributed by atoms with Crippen LogP contribution < -0.4 is 0 Å². The number of fused-ring (bicyclic) bond motifs is 1. The molecule has 2 rings (SSSR count). The van der Waals surface area contributed by atoms with E-state index in [1.807, 2.05) is 7.11 Å². The molecule has 0 saturated heterocycles. The minimum atomic E-state index is -1.61. The molecule has 0 aromatic carbocycles. The Hall–Kier alpha value is -0.326. The number of allylic oxidation sites excluding steroid dienone is 4. The van der Waals surface area contributed by atoms with E-state index in [1.165, 1.54) is 31.4 Å². The lowest BCUT2D eigenvalue weighted by molar-refractivity contribution is 0.383. The van der Waals surface area contributed by atoms with Crippen LogP contribution in [-0.2, 0) is 4.43 Å². The minimum Gasteiger partial charge on any atom is -0.402 e. The zero-order valence-electron chi connectivity index (χ0n) is 15.2. The Morgan fingerprint density at radius 2 is 1.57 bits per heavy atom. The minimum absolute atomic E-state index is 0.343. The fourth-order valence-electron chi connectivity index (χ4n) is 3.56. The van der Waals surface area contributed by atoms with E-state index in [4.69, 9.17) is 4.43 Å². The molecule has 1 radical (unpaired) electrons. The first kappa shape index (κ1) is 17.0. The van der Waals surface area contributed by atoms with Gasteiger partial charge in [0.25, 0.3) is 0 Å². The molecule has 4 heteroatoms. The summed E-state index contributed by atoms with van der Waals surface area (Å²) in [5, 5.41) is 1.91. The number of nitrogens with zero attached hydrogens (tertiary/aromatic N) is 1. The molecule has 21 heavy (non-hydrogen) atoms. The van der Waals surface area contributed by atoms with Gasteiger partial charge in [-0.15, -0.1) is 0 Å². The SMILES string of the molecule is CO[Si]1C(C)=C2CCCCC2=C(C)N1[Si](C)(C)C(C)(C)C. The van der Waals surface area contributed by atoms with Gasteiger partial charge in [0.15, 0.2) is 0 Å². The second-order valence-electron chi connectivity index (χ2n) is 8.03. The van der Waals surface area contributed by atoms with E-state index in [0.717, 1.165) is 0 Å². The molecule has 119 valence electrons. The number of rotatable bonds is 2. The molecule has 0 amide bonds. The van der Waals surface area contributed by atoms with Crippen molar-refractivity contribution in [1.29, 1.82) is 0 Å². The molecule has 1 aliphatic carbocycles. The maximum Gasteiger partial charge on any atom is 0.365 e. The summed E-state index contributed by atoms with van der Waals surface area (Å²) in [5.74, 6) is 0. The molecule has 0 N–H and O–H groups in total. The molecule has 2 aliphatic rings. The second kappa shape index (κ2) is 5.71. The smallest absolute Gasteiger partial charge is 0.365 e. The van der Waals surface area contributed by atoms with Crippen LogP contribution in [0, 0.1) is 0 Å². The van der Waals surface area contributed by atoms with Gasteiger partial charge in [-0.2, -0.15) is 0 Å². The van der Waals surface area contributed by atoms with Gasteiger partial charge in [0.05, 0.1) is 0 Å². The summed E-state index contributed by atoms with van der Waals surface area (Å²) >= 11 is 0. The van der Waals surface area contributed by atoms with Gasteiger partial charge in [-0.3, -0.25) is 0 Å². The Balaban J connectivity index is 2.56. The Bertz CT molecular complexity index is 486. The van der Waals surface area contributed by atoms with Gasteiger partial charge in [0.1, 0.15) is 8.24 Å². The summed E-state index contributed by atoms with van der Waals surface area (Å²) in [5.41, 5.74) is 4.83. The molecule has 0 bridgehead atoms. The zero-order valence-corrected chi connectivity index (χ0v) is 17.2. The van der Waals surface area contributed by atoms with Crippen LogP contribution in [0.2, 0.25) is 18.1 Å². The lowest BCUT2D eigenvalue weighted by atomic mass is 9.88. The molecule has 0 aromatic heterocycles. The predicted molar refractivity (Wildman–Crippen MR) is 95.7 cm³/mol. The van der Waals surface area contributed by atoms with Crippen molar-refractivity contribution in [3.05, 3.63) is 22.0 Å². The third-order valence-electron chi connectivity index (χ3n) is 5.80. The summed E-state index contributed by atoms with van der Waals surface area (Å²) in [6, 6.07) is 0. The van der Waals surface area contributed by atoms with Crippen LogP contribution in [0.4, 0.5) is 0 Å². The van der Waals surface area contributed by atoms with Gasteiger partial charge >= 0.3 is 9.20 Å². The van der Waals surface area contributed by atoms with E-state index in [-0.39, 0.29) is 0 Å². The number of hydrogen-bond donors (Lipinski definition) is 0. The molecular formula is C17H32NOSi2. The van der Waals surface area contributed by atoms with Crippen LogP contribution in [0.15, 0.2) is 22.0 Å².